The summed E-state index contributed by atoms with van der Waals surface area (Å²) in [4.78, 5) is 0. The van der Waals surface area contributed by atoms with Crippen molar-refractivity contribution in [2.45, 2.75) is 18.6 Å². The molecule has 2 rings (SSSR count). The molecule has 0 radical (unpaired) electrons. The number of hydrogen-bond acceptors (Lipinski definition) is 3. The van der Waals surface area contributed by atoms with Crippen LogP contribution in [-0.2, 0) is 16.3 Å². The van der Waals surface area contributed by atoms with E-state index in [0.717, 1.165) is 12.0 Å². The van der Waals surface area contributed by atoms with E-state index >= 15 is 0 Å². The summed E-state index contributed by atoms with van der Waals surface area (Å²) in [5.41, 5.74) is 2.15. The van der Waals surface area contributed by atoms with E-state index in [4.69, 9.17) is 0 Å². The minimum Gasteiger partial charge on any atom is -0.314 e. The lowest BCUT2D eigenvalue weighted by Crippen LogP contribution is -2.38. The first kappa shape index (κ1) is 11.6. The quantitative estimate of drug-likeness (QED) is 0.846. The summed E-state index contributed by atoms with van der Waals surface area (Å²) in [6, 6.07) is 7.90. The Balaban J connectivity index is 2.28. The fourth-order valence-corrected chi connectivity index (χ4v) is 3.67. The van der Waals surface area contributed by atoms with Crippen molar-refractivity contribution < 1.29 is 8.42 Å². The summed E-state index contributed by atoms with van der Waals surface area (Å²) in [6.07, 6.45) is 0.982. The molecule has 1 unspecified atom stereocenters. The Kier molecular flexibility index (Phi) is 3.30. The second-order valence-corrected chi connectivity index (χ2v) is 6.46. The maximum Gasteiger partial charge on any atom is 0.159 e. The van der Waals surface area contributed by atoms with Crippen LogP contribution in [0, 0.1) is 0 Å². The lowest BCUT2D eigenvalue weighted by atomic mass is 10.1. The lowest BCUT2D eigenvalue weighted by molar-refractivity contribution is 0.551. The van der Waals surface area contributed by atoms with Crippen molar-refractivity contribution in [2.75, 3.05) is 18.8 Å². The van der Waals surface area contributed by atoms with Gasteiger partial charge in [-0.1, -0.05) is 31.2 Å². The van der Waals surface area contributed by atoms with Crippen molar-refractivity contribution in [1.82, 2.24) is 5.32 Å². The molecular formula is C12H17NO2S. The van der Waals surface area contributed by atoms with Crippen LogP contribution in [0.4, 0.5) is 0 Å². The van der Waals surface area contributed by atoms with E-state index in [1.807, 2.05) is 24.3 Å². The number of aryl methyl sites for hydroxylation is 1. The van der Waals surface area contributed by atoms with Crippen LogP contribution >= 0.6 is 0 Å². The van der Waals surface area contributed by atoms with Gasteiger partial charge in [-0.2, -0.15) is 0 Å². The Morgan fingerprint density at radius 2 is 2.00 bits per heavy atom. The van der Waals surface area contributed by atoms with Crippen LogP contribution in [-0.4, -0.2) is 27.3 Å². The van der Waals surface area contributed by atoms with Crippen LogP contribution in [0.1, 0.15) is 23.3 Å². The first-order chi connectivity index (χ1) is 7.63. The van der Waals surface area contributed by atoms with E-state index in [9.17, 15) is 8.42 Å². The summed E-state index contributed by atoms with van der Waals surface area (Å²) in [5, 5.41) is 2.77. The second-order valence-electron chi connectivity index (χ2n) is 4.15. The topological polar surface area (TPSA) is 46.2 Å². The van der Waals surface area contributed by atoms with E-state index in [0.29, 0.717) is 13.1 Å². The van der Waals surface area contributed by atoms with Gasteiger partial charge in [-0.25, -0.2) is 8.42 Å². The third-order valence-electron chi connectivity index (χ3n) is 3.09. The summed E-state index contributed by atoms with van der Waals surface area (Å²) in [6.45, 7) is 3.20. The minimum absolute atomic E-state index is 0.243. The van der Waals surface area contributed by atoms with Gasteiger partial charge in [0.25, 0.3) is 0 Å². The van der Waals surface area contributed by atoms with E-state index in [1.165, 1.54) is 5.56 Å². The lowest BCUT2D eigenvalue weighted by Gasteiger charge is -2.23. The van der Waals surface area contributed by atoms with Gasteiger partial charge in [-0.15, -0.1) is 0 Å². The van der Waals surface area contributed by atoms with Gasteiger partial charge in [-0.05, 0) is 17.5 Å². The molecule has 0 bridgehead atoms. The summed E-state index contributed by atoms with van der Waals surface area (Å²) < 4.78 is 23.8. The van der Waals surface area contributed by atoms with Gasteiger partial charge in [0, 0.05) is 13.1 Å². The molecular weight excluding hydrogens is 222 g/mol. The number of nitrogens with one attached hydrogen (secondary N) is 1. The zero-order chi connectivity index (χ0) is 11.6. The Bertz CT molecular complexity index is 450. The Morgan fingerprint density at radius 3 is 2.56 bits per heavy atom. The zero-order valence-corrected chi connectivity index (χ0v) is 10.3. The smallest absolute Gasteiger partial charge is 0.159 e. The highest BCUT2D eigenvalue weighted by Gasteiger charge is 2.29. The average molecular weight is 239 g/mol. The number of rotatable bonds is 2. The van der Waals surface area contributed by atoms with Gasteiger partial charge in [0.15, 0.2) is 9.84 Å². The highest BCUT2D eigenvalue weighted by atomic mass is 32.2. The summed E-state index contributed by atoms with van der Waals surface area (Å²) in [7, 11) is -2.96. The van der Waals surface area contributed by atoms with Gasteiger partial charge >= 0.3 is 0 Å². The number of sulfone groups is 1. The van der Waals surface area contributed by atoms with E-state index < -0.39 is 9.84 Å². The molecule has 1 fully saturated rings. The molecule has 1 aromatic rings. The molecule has 1 saturated heterocycles. The predicted octanol–water partition coefficient (Wildman–Crippen LogP) is 1.31. The van der Waals surface area contributed by atoms with Gasteiger partial charge in [-0.3, -0.25) is 0 Å². The minimum atomic E-state index is -2.96. The standard InChI is InChI=1S/C12H17NO2S/c1-2-10-3-5-11(6-4-10)12-9-13-7-8-16(12,14)15/h3-6,12-13H,2,7-9H2,1H3. The van der Waals surface area contributed by atoms with Crippen LogP contribution in [0.5, 0.6) is 0 Å². The monoisotopic (exact) mass is 239 g/mol. The molecule has 0 spiro atoms. The largest absolute Gasteiger partial charge is 0.314 e. The molecule has 0 amide bonds. The molecule has 1 aliphatic rings. The summed E-state index contributed by atoms with van der Waals surface area (Å²) in [5.74, 6) is 0.243. The predicted molar refractivity (Wildman–Crippen MR) is 65.2 cm³/mol. The highest BCUT2D eigenvalue weighted by molar-refractivity contribution is 7.91. The molecule has 1 N–H and O–H groups in total. The normalized spacial score (nSPS) is 24.2. The van der Waals surface area contributed by atoms with Gasteiger partial charge < -0.3 is 5.32 Å². The van der Waals surface area contributed by atoms with Crippen LogP contribution in [0.15, 0.2) is 24.3 Å². The fraction of sp³-hybridized carbons (Fsp3) is 0.500. The Morgan fingerprint density at radius 1 is 1.31 bits per heavy atom. The maximum absolute atomic E-state index is 11.9. The zero-order valence-electron chi connectivity index (χ0n) is 9.44. The summed E-state index contributed by atoms with van der Waals surface area (Å²) >= 11 is 0. The molecule has 16 heavy (non-hydrogen) atoms. The first-order valence-corrected chi connectivity index (χ1v) is 7.36. The van der Waals surface area contributed by atoms with Crippen LogP contribution in [0.3, 0.4) is 0 Å². The van der Waals surface area contributed by atoms with E-state index in [-0.39, 0.29) is 11.0 Å². The Labute approximate surface area is 96.8 Å². The van der Waals surface area contributed by atoms with Crippen LogP contribution in [0.2, 0.25) is 0 Å². The van der Waals surface area contributed by atoms with E-state index in [2.05, 4.69) is 12.2 Å². The molecule has 1 heterocycles. The number of benzene rings is 1. The molecule has 4 heteroatoms. The van der Waals surface area contributed by atoms with Gasteiger partial charge in [0.05, 0.1) is 11.0 Å². The average Bonchev–Trinajstić information content (AvgIpc) is 2.29. The van der Waals surface area contributed by atoms with E-state index in [1.54, 1.807) is 0 Å². The van der Waals surface area contributed by atoms with Gasteiger partial charge in [0.1, 0.15) is 0 Å². The fourth-order valence-electron chi connectivity index (χ4n) is 2.01. The second kappa shape index (κ2) is 4.55. The van der Waals surface area contributed by atoms with Crippen molar-refractivity contribution in [1.29, 1.82) is 0 Å². The van der Waals surface area contributed by atoms with Crippen molar-refractivity contribution in [3.8, 4) is 0 Å². The molecule has 0 aromatic heterocycles. The molecule has 1 aromatic carbocycles. The van der Waals surface area contributed by atoms with Crippen LogP contribution < -0.4 is 5.32 Å². The third kappa shape index (κ3) is 2.28. The molecule has 1 atom stereocenters. The number of hydrogen-bond donors (Lipinski definition) is 1. The first-order valence-electron chi connectivity index (χ1n) is 5.64. The van der Waals surface area contributed by atoms with Crippen molar-refractivity contribution >= 4 is 9.84 Å². The molecule has 0 aliphatic carbocycles. The van der Waals surface area contributed by atoms with Crippen molar-refractivity contribution in [3.05, 3.63) is 35.4 Å². The Hall–Kier alpha value is -0.870. The van der Waals surface area contributed by atoms with Gasteiger partial charge in [0.2, 0.25) is 0 Å². The third-order valence-corrected chi connectivity index (χ3v) is 5.17. The SMILES string of the molecule is CCc1ccc(C2CNCCS2(=O)=O)cc1. The van der Waals surface area contributed by atoms with Crippen LogP contribution in [0.25, 0.3) is 0 Å². The maximum atomic E-state index is 11.9. The molecule has 3 nitrogen and oxygen atoms in total. The van der Waals surface area contributed by atoms with Crippen molar-refractivity contribution in [3.63, 3.8) is 0 Å². The van der Waals surface area contributed by atoms with Crippen molar-refractivity contribution in [2.24, 2.45) is 0 Å². The molecule has 0 saturated carbocycles. The molecule has 88 valence electrons. The molecule has 1 aliphatic heterocycles. The highest BCUT2D eigenvalue weighted by Crippen LogP contribution is 2.24.